The van der Waals surface area contributed by atoms with Crippen molar-refractivity contribution in [3.63, 3.8) is 0 Å². The predicted octanol–water partition coefficient (Wildman–Crippen LogP) is 2.19. The van der Waals surface area contributed by atoms with Gasteiger partial charge in [0.15, 0.2) is 7.28 Å². The molecular formula is C12H20BN. The lowest BCUT2D eigenvalue weighted by Crippen LogP contribution is -2.26. The molecule has 1 nitrogen and oxygen atoms in total. The van der Waals surface area contributed by atoms with E-state index in [1.807, 2.05) is 12.1 Å². The van der Waals surface area contributed by atoms with Crippen molar-refractivity contribution in [3.05, 3.63) is 24.3 Å². The van der Waals surface area contributed by atoms with E-state index < -0.39 is 0 Å². The van der Waals surface area contributed by atoms with Gasteiger partial charge in [-0.15, -0.1) is 0 Å². The maximum absolute atomic E-state index is 5.64. The first-order valence-electron chi connectivity index (χ1n) is 5.24. The molecule has 0 heterocycles. The fourth-order valence-electron chi connectivity index (χ4n) is 1.31. The van der Waals surface area contributed by atoms with Gasteiger partial charge in [0, 0.05) is 5.69 Å². The number of anilines is 1. The number of hydrogen-bond donors (Lipinski definition) is 1. The van der Waals surface area contributed by atoms with Gasteiger partial charge in [0.25, 0.3) is 0 Å². The molecule has 0 aliphatic heterocycles. The highest BCUT2D eigenvalue weighted by Gasteiger charge is 2.20. The molecule has 1 aromatic carbocycles. The number of rotatable bonds is 2. The van der Waals surface area contributed by atoms with Crippen LogP contribution in [0.15, 0.2) is 24.3 Å². The Kier molecular flexibility index (Phi) is 3.25. The third-order valence-corrected chi connectivity index (χ3v) is 3.00. The fraction of sp³-hybridized carbons (Fsp3) is 0.500. The van der Waals surface area contributed by atoms with Crippen LogP contribution in [0.4, 0.5) is 5.69 Å². The second-order valence-corrected chi connectivity index (χ2v) is 5.21. The minimum Gasteiger partial charge on any atom is -0.399 e. The van der Waals surface area contributed by atoms with Crippen molar-refractivity contribution in [3.8, 4) is 0 Å². The van der Waals surface area contributed by atoms with Crippen molar-refractivity contribution < 1.29 is 0 Å². The van der Waals surface area contributed by atoms with Gasteiger partial charge < -0.3 is 5.73 Å². The van der Waals surface area contributed by atoms with Gasteiger partial charge in [-0.1, -0.05) is 51.1 Å². The molecule has 0 fully saturated rings. The van der Waals surface area contributed by atoms with Crippen LogP contribution < -0.4 is 11.2 Å². The molecule has 1 rings (SSSR count). The highest BCUT2D eigenvalue weighted by atomic mass is 14.5. The van der Waals surface area contributed by atoms with Gasteiger partial charge in [-0.3, -0.25) is 0 Å². The number of nitrogen functional groups attached to an aromatic ring is 1. The first-order chi connectivity index (χ1) is 6.39. The Hall–Kier alpha value is -0.915. The molecule has 0 aromatic heterocycles. The van der Waals surface area contributed by atoms with E-state index in [0.29, 0.717) is 11.2 Å². The van der Waals surface area contributed by atoms with E-state index in [-0.39, 0.29) is 0 Å². The average molecular weight is 189 g/mol. The van der Waals surface area contributed by atoms with E-state index in [4.69, 9.17) is 5.73 Å². The minimum absolute atomic E-state index is 0.376. The number of benzene rings is 1. The molecule has 76 valence electrons. The first kappa shape index (κ1) is 11.2. The lowest BCUT2D eigenvalue weighted by molar-refractivity contribution is 0.396. The van der Waals surface area contributed by atoms with Crippen molar-refractivity contribution in [1.82, 2.24) is 0 Å². The molecule has 0 radical (unpaired) electrons. The van der Waals surface area contributed by atoms with Crippen LogP contribution in [0.1, 0.15) is 27.7 Å². The second kappa shape index (κ2) is 4.08. The summed E-state index contributed by atoms with van der Waals surface area (Å²) in [6.07, 6.45) is 0. The van der Waals surface area contributed by atoms with E-state index >= 15 is 0 Å². The Morgan fingerprint density at radius 1 is 1.14 bits per heavy atom. The molecule has 2 N–H and O–H groups in total. The summed E-state index contributed by atoms with van der Waals surface area (Å²) in [5, 5.41) is 0. The summed E-state index contributed by atoms with van der Waals surface area (Å²) in [6, 6.07) is 8.20. The van der Waals surface area contributed by atoms with Gasteiger partial charge in [0.1, 0.15) is 0 Å². The molecule has 0 aliphatic rings. The summed E-state index contributed by atoms with van der Waals surface area (Å²) in [6.45, 7) is 9.16. The minimum atomic E-state index is 0.376. The summed E-state index contributed by atoms with van der Waals surface area (Å²) < 4.78 is 0. The molecule has 0 amide bonds. The summed E-state index contributed by atoms with van der Waals surface area (Å²) in [5.41, 5.74) is 8.24. The van der Waals surface area contributed by atoms with Crippen LogP contribution in [-0.4, -0.2) is 7.28 Å². The molecule has 0 aliphatic carbocycles. The van der Waals surface area contributed by atoms with Gasteiger partial charge in [-0.2, -0.15) is 0 Å². The van der Waals surface area contributed by atoms with E-state index in [1.165, 1.54) is 5.46 Å². The van der Waals surface area contributed by atoms with Crippen molar-refractivity contribution in [2.24, 2.45) is 5.41 Å². The van der Waals surface area contributed by atoms with Gasteiger partial charge in [0.2, 0.25) is 0 Å². The molecule has 1 atom stereocenters. The van der Waals surface area contributed by atoms with Gasteiger partial charge in [-0.05, 0) is 17.5 Å². The monoisotopic (exact) mass is 189 g/mol. The maximum atomic E-state index is 5.64. The molecule has 0 saturated heterocycles. The lowest BCUT2D eigenvalue weighted by atomic mass is 9.52. The Bertz CT molecular complexity index is 284. The van der Waals surface area contributed by atoms with Gasteiger partial charge in [-0.25, -0.2) is 0 Å². The van der Waals surface area contributed by atoms with Crippen molar-refractivity contribution in [2.75, 3.05) is 5.73 Å². The summed E-state index contributed by atoms with van der Waals surface area (Å²) in [5.74, 6) is 0.686. The molecular weight excluding hydrogens is 169 g/mol. The summed E-state index contributed by atoms with van der Waals surface area (Å²) in [7, 11) is 1.13. The largest absolute Gasteiger partial charge is 0.399 e. The zero-order valence-electron chi connectivity index (χ0n) is 9.67. The molecule has 14 heavy (non-hydrogen) atoms. The van der Waals surface area contributed by atoms with E-state index in [2.05, 4.69) is 39.8 Å². The zero-order valence-corrected chi connectivity index (χ0v) is 9.67. The van der Waals surface area contributed by atoms with Crippen molar-refractivity contribution in [2.45, 2.75) is 33.5 Å². The standard InChI is InChI=1S/C12H20BN/c1-9(12(2,3)4)13-10-5-7-11(14)8-6-10/h5-9,13H,14H2,1-4H3. The van der Waals surface area contributed by atoms with Gasteiger partial charge >= 0.3 is 0 Å². The first-order valence-corrected chi connectivity index (χ1v) is 5.24. The van der Waals surface area contributed by atoms with Gasteiger partial charge in [0.05, 0.1) is 0 Å². The average Bonchev–Trinajstić information content (AvgIpc) is 2.07. The van der Waals surface area contributed by atoms with Crippen LogP contribution in [0.3, 0.4) is 0 Å². The smallest absolute Gasteiger partial charge is 0.161 e. The normalized spacial score (nSPS) is 13.7. The molecule has 2 heteroatoms. The Balaban J connectivity index is 2.65. The topological polar surface area (TPSA) is 26.0 Å². The third kappa shape index (κ3) is 3.10. The summed E-state index contributed by atoms with van der Waals surface area (Å²) in [4.78, 5) is 0. The SMILES string of the molecule is CC(Bc1ccc(N)cc1)C(C)(C)C. The molecule has 0 spiro atoms. The highest BCUT2D eigenvalue weighted by Crippen LogP contribution is 2.29. The van der Waals surface area contributed by atoms with Crippen LogP contribution in [0.25, 0.3) is 0 Å². The molecule has 1 aromatic rings. The van der Waals surface area contributed by atoms with E-state index in [1.54, 1.807) is 0 Å². The lowest BCUT2D eigenvalue weighted by Gasteiger charge is -2.26. The van der Waals surface area contributed by atoms with Crippen molar-refractivity contribution in [1.29, 1.82) is 0 Å². The Labute approximate surface area is 87.9 Å². The number of nitrogens with two attached hydrogens (primary N) is 1. The highest BCUT2D eigenvalue weighted by molar-refractivity contribution is 6.55. The summed E-state index contributed by atoms with van der Waals surface area (Å²) >= 11 is 0. The van der Waals surface area contributed by atoms with Crippen LogP contribution in [0.5, 0.6) is 0 Å². The quantitative estimate of drug-likeness (QED) is 0.560. The molecule has 1 unspecified atom stereocenters. The van der Waals surface area contributed by atoms with E-state index in [0.717, 1.165) is 13.0 Å². The fourth-order valence-corrected chi connectivity index (χ4v) is 1.31. The van der Waals surface area contributed by atoms with Crippen LogP contribution >= 0.6 is 0 Å². The van der Waals surface area contributed by atoms with Crippen molar-refractivity contribution >= 4 is 18.4 Å². The molecule has 0 saturated carbocycles. The van der Waals surface area contributed by atoms with E-state index in [9.17, 15) is 0 Å². The van der Waals surface area contributed by atoms with Crippen LogP contribution in [0, 0.1) is 5.41 Å². The van der Waals surface area contributed by atoms with Crippen LogP contribution in [-0.2, 0) is 0 Å². The number of hydrogen-bond acceptors (Lipinski definition) is 1. The predicted molar refractivity (Wildman–Crippen MR) is 66.5 cm³/mol. The Morgan fingerprint density at radius 2 is 1.64 bits per heavy atom. The second-order valence-electron chi connectivity index (χ2n) is 5.21. The zero-order chi connectivity index (χ0) is 10.8. The molecule has 0 bridgehead atoms. The Morgan fingerprint density at radius 3 is 2.07 bits per heavy atom. The third-order valence-electron chi connectivity index (χ3n) is 3.00. The maximum Gasteiger partial charge on any atom is 0.161 e. The van der Waals surface area contributed by atoms with Crippen LogP contribution in [0.2, 0.25) is 5.82 Å².